The molecule has 0 unspecified atom stereocenters. The number of ether oxygens (including phenoxy) is 1. The Bertz CT molecular complexity index is 677. The van der Waals surface area contributed by atoms with Crippen LogP contribution in [0.3, 0.4) is 0 Å². The van der Waals surface area contributed by atoms with E-state index in [1.54, 1.807) is 18.2 Å². The van der Waals surface area contributed by atoms with Crippen molar-refractivity contribution in [3.8, 4) is 11.6 Å². The lowest BCUT2D eigenvalue weighted by Gasteiger charge is -2.09. The second-order valence-electron chi connectivity index (χ2n) is 3.93. The van der Waals surface area contributed by atoms with Gasteiger partial charge in [-0.25, -0.2) is 8.42 Å². The summed E-state index contributed by atoms with van der Waals surface area (Å²) >= 11 is 0. The number of hydrogen-bond acceptors (Lipinski definition) is 5. The number of aromatic amines is 1. The van der Waals surface area contributed by atoms with Crippen LogP contribution in [0.25, 0.3) is 0 Å². The van der Waals surface area contributed by atoms with Crippen LogP contribution in [0.4, 0.5) is 5.69 Å². The highest BCUT2D eigenvalue weighted by atomic mass is 32.2. The maximum atomic E-state index is 11.5. The van der Waals surface area contributed by atoms with E-state index < -0.39 is 9.84 Å². The molecule has 0 saturated carbocycles. The molecule has 0 radical (unpaired) electrons. The van der Waals surface area contributed by atoms with Gasteiger partial charge in [-0.2, -0.15) is 0 Å². The fourth-order valence-corrected chi connectivity index (χ4v) is 2.32. The highest BCUT2D eigenvalue weighted by molar-refractivity contribution is 7.90. The van der Waals surface area contributed by atoms with Gasteiger partial charge in [-0.15, -0.1) is 5.10 Å². The van der Waals surface area contributed by atoms with E-state index in [9.17, 15) is 8.42 Å². The summed E-state index contributed by atoms with van der Waals surface area (Å²) in [6.07, 6.45) is 1.10. The van der Waals surface area contributed by atoms with E-state index >= 15 is 0 Å². The zero-order chi connectivity index (χ0) is 13.3. The summed E-state index contributed by atoms with van der Waals surface area (Å²) in [7, 11) is -3.38. The largest absolute Gasteiger partial charge is 0.435 e. The quantitative estimate of drug-likeness (QED) is 0.821. The van der Waals surface area contributed by atoms with Crippen LogP contribution in [0.1, 0.15) is 5.69 Å². The van der Waals surface area contributed by atoms with Crippen molar-refractivity contribution >= 4 is 15.5 Å². The molecule has 0 bridgehead atoms. The molecular weight excluding hydrogens is 254 g/mol. The number of anilines is 1. The molecule has 0 fully saturated rings. The molecule has 1 aromatic heterocycles. The van der Waals surface area contributed by atoms with Gasteiger partial charge in [-0.3, -0.25) is 5.10 Å². The number of nitrogens with one attached hydrogen (secondary N) is 1. The normalized spacial score (nSPS) is 11.4. The first-order valence-electron chi connectivity index (χ1n) is 5.16. The van der Waals surface area contributed by atoms with Gasteiger partial charge in [0.15, 0.2) is 15.6 Å². The molecule has 0 aliphatic carbocycles. The lowest BCUT2D eigenvalue weighted by atomic mass is 10.3. The summed E-state index contributed by atoms with van der Waals surface area (Å²) in [6.45, 7) is 1.83. The van der Waals surface area contributed by atoms with Gasteiger partial charge < -0.3 is 10.5 Å². The predicted molar refractivity (Wildman–Crippen MR) is 67.4 cm³/mol. The van der Waals surface area contributed by atoms with E-state index in [1.807, 2.05) is 6.92 Å². The van der Waals surface area contributed by atoms with Crippen LogP contribution in [0.5, 0.6) is 11.6 Å². The fraction of sp³-hybridized carbons (Fsp3) is 0.182. The zero-order valence-electron chi connectivity index (χ0n) is 9.97. The number of nitrogens with zero attached hydrogens (tertiary/aromatic N) is 1. The Labute approximate surface area is 105 Å². The summed E-state index contributed by atoms with van der Waals surface area (Å²) < 4.78 is 28.4. The average Bonchev–Trinajstić information content (AvgIpc) is 2.65. The molecule has 6 nitrogen and oxygen atoms in total. The molecule has 0 aliphatic rings. The van der Waals surface area contributed by atoms with Gasteiger partial charge in [0.05, 0.1) is 10.6 Å². The number of nitrogens with two attached hydrogens (primary N) is 1. The highest BCUT2D eigenvalue weighted by Gasteiger charge is 2.15. The standard InChI is InChI=1S/C11H13N3O3S/c1-7-6-10(14-13-7)17-8-4-3-5-9(11(8)12)18(2,15)16/h3-6H,12H2,1-2H3,(H,13,14). The number of sulfone groups is 1. The Hall–Kier alpha value is -2.02. The second-order valence-corrected chi connectivity index (χ2v) is 5.92. The molecule has 3 N–H and O–H groups in total. The molecule has 1 heterocycles. The first-order valence-corrected chi connectivity index (χ1v) is 7.05. The SMILES string of the molecule is Cc1cc(Oc2cccc(S(C)(=O)=O)c2N)n[nH]1. The number of hydrogen-bond donors (Lipinski definition) is 2. The monoisotopic (exact) mass is 267 g/mol. The summed E-state index contributed by atoms with van der Waals surface area (Å²) in [6, 6.07) is 6.29. The van der Waals surface area contributed by atoms with Crippen LogP contribution in [0.15, 0.2) is 29.2 Å². The van der Waals surface area contributed by atoms with Crippen molar-refractivity contribution in [1.29, 1.82) is 0 Å². The molecule has 0 amide bonds. The third kappa shape index (κ3) is 2.45. The van der Waals surface area contributed by atoms with Crippen molar-refractivity contribution in [2.24, 2.45) is 0 Å². The van der Waals surface area contributed by atoms with Crippen LogP contribution in [-0.2, 0) is 9.84 Å². The van der Waals surface area contributed by atoms with Crippen LogP contribution in [-0.4, -0.2) is 24.9 Å². The van der Waals surface area contributed by atoms with Crippen LogP contribution in [0.2, 0.25) is 0 Å². The van der Waals surface area contributed by atoms with Crippen LogP contribution >= 0.6 is 0 Å². The van der Waals surface area contributed by atoms with Crippen molar-refractivity contribution in [3.63, 3.8) is 0 Å². The molecule has 2 aromatic rings. The van der Waals surface area contributed by atoms with Gasteiger partial charge >= 0.3 is 0 Å². The first kappa shape index (κ1) is 12.4. The lowest BCUT2D eigenvalue weighted by Crippen LogP contribution is -2.03. The predicted octanol–water partition coefficient (Wildman–Crippen LogP) is 1.50. The molecule has 0 saturated heterocycles. The smallest absolute Gasteiger partial charge is 0.238 e. The fourth-order valence-electron chi connectivity index (χ4n) is 1.49. The van der Waals surface area contributed by atoms with Gasteiger partial charge in [0, 0.05) is 18.0 Å². The Balaban J connectivity index is 2.41. The van der Waals surface area contributed by atoms with Crippen molar-refractivity contribution in [1.82, 2.24) is 10.2 Å². The summed E-state index contributed by atoms with van der Waals surface area (Å²) in [5.41, 5.74) is 6.70. The Morgan fingerprint density at radius 2 is 2.11 bits per heavy atom. The molecule has 96 valence electrons. The van der Waals surface area contributed by atoms with Gasteiger partial charge in [-0.1, -0.05) is 6.07 Å². The van der Waals surface area contributed by atoms with E-state index in [-0.39, 0.29) is 16.3 Å². The van der Waals surface area contributed by atoms with E-state index in [2.05, 4.69) is 10.2 Å². The van der Waals surface area contributed by atoms with E-state index in [1.165, 1.54) is 6.07 Å². The van der Waals surface area contributed by atoms with Gasteiger partial charge in [0.2, 0.25) is 5.88 Å². The van der Waals surface area contributed by atoms with E-state index in [0.717, 1.165) is 11.9 Å². The van der Waals surface area contributed by atoms with Crippen molar-refractivity contribution in [2.45, 2.75) is 11.8 Å². The van der Waals surface area contributed by atoms with Gasteiger partial charge in [-0.05, 0) is 19.1 Å². The Kier molecular flexibility index (Phi) is 3.00. The van der Waals surface area contributed by atoms with Crippen molar-refractivity contribution in [3.05, 3.63) is 30.0 Å². The topological polar surface area (TPSA) is 98.1 Å². The zero-order valence-corrected chi connectivity index (χ0v) is 10.8. The minimum atomic E-state index is -3.38. The summed E-state index contributed by atoms with van der Waals surface area (Å²) in [5.74, 6) is 0.606. The first-order chi connectivity index (χ1) is 8.38. The molecule has 0 aliphatic heterocycles. The Morgan fingerprint density at radius 1 is 1.39 bits per heavy atom. The number of aromatic nitrogens is 2. The summed E-state index contributed by atoms with van der Waals surface area (Å²) in [4.78, 5) is 0.0484. The number of rotatable bonds is 3. The molecular formula is C11H13N3O3S. The molecule has 1 aromatic carbocycles. The van der Waals surface area contributed by atoms with Crippen LogP contribution < -0.4 is 10.5 Å². The number of nitrogen functional groups attached to an aromatic ring is 1. The average molecular weight is 267 g/mol. The number of benzene rings is 1. The van der Waals surface area contributed by atoms with Gasteiger partial charge in [0.25, 0.3) is 0 Å². The maximum absolute atomic E-state index is 11.5. The minimum Gasteiger partial charge on any atom is -0.435 e. The molecule has 2 rings (SSSR count). The van der Waals surface area contributed by atoms with Crippen LogP contribution in [0, 0.1) is 6.92 Å². The van der Waals surface area contributed by atoms with Gasteiger partial charge in [0.1, 0.15) is 0 Å². The third-order valence-electron chi connectivity index (χ3n) is 2.32. The van der Waals surface area contributed by atoms with E-state index in [4.69, 9.17) is 10.5 Å². The third-order valence-corrected chi connectivity index (χ3v) is 3.48. The number of H-pyrrole nitrogens is 1. The minimum absolute atomic E-state index is 0.0484. The second kappa shape index (κ2) is 4.34. The molecule has 7 heteroatoms. The highest BCUT2D eigenvalue weighted by Crippen LogP contribution is 2.31. The summed E-state index contributed by atoms with van der Waals surface area (Å²) in [5, 5.41) is 6.61. The Morgan fingerprint density at radius 3 is 2.67 bits per heavy atom. The molecule has 18 heavy (non-hydrogen) atoms. The van der Waals surface area contributed by atoms with E-state index in [0.29, 0.717) is 5.88 Å². The molecule has 0 spiro atoms. The number of para-hydroxylation sites is 1. The maximum Gasteiger partial charge on any atom is 0.238 e. The molecule has 0 atom stereocenters. The number of aryl methyl sites for hydroxylation is 1. The lowest BCUT2D eigenvalue weighted by molar-refractivity contribution is 0.462. The van der Waals surface area contributed by atoms with Crippen molar-refractivity contribution < 1.29 is 13.2 Å². The van der Waals surface area contributed by atoms with Crippen molar-refractivity contribution in [2.75, 3.05) is 12.0 Å².